The van der Waals surface area contributed by atoms with Crippen LogP contribution in [0.5, 0.6) is 0 Å². The topological polar surface area (TPSA) is 27.7 Å². The maximum Gasteiger partial charge on any atom is 0.0887 e. The Morgan fingerprint density at radius 3 is 1.64 bits per heavy atom. The molecule has 0 heterocycles. The second-order valence-corrected chi connectivity index (χ2v) is 5.55. The zero-order valence-electron chi connectivity index (χ0n) is 9.25. The lowest BCUT2D eigenvalue weighted by molar-refractivity contribution is 0.185. The number of hydrogen-bond donors (Lipinski definition) is 0. The third-order valence-corrected chi connectivity index (χ3v) is 4.55. The van der Waals surface area contributed by atoms with Crippen LogP contribution >= 0.6 is 26.8 Å². The van der Waals surface area contributed by atoms with Crippen LogP contribution in [-0.4, -0.2) is 30.9 Å². The minimum absolute atomic E-state index is 0.637. The zero-order valence-corrected chi connectivity index (χ0v) is 11.7. The molecule has 0 amide bonds. The smallest absolute Gasteiger partial charge is 0.0887 e. The molecule has 14 heavy (non-hydrogen) atoms. The maximum absolute atomic E-state index is 5.63. The van der Waals surface area contributed by atoms with E-state index >= 15 is 0 Å². The van der Waals surface area contributed by atoms with E-state index in [1.54, 1.807) is 0 Å². The Morgan fingerprint density at radius 2 is 1.36 bits per heavy atom. The van der Waals surface area contributed by atoms with Crippen LogP contribution in [0.4, 0.5) is 0 Å². The van der Waals surface area contributed by atoms with Crippen molar-refractivity contribution in [2.45, 2.75) is 27.2 Å². The number of rotatable bonds is 9. The summed E-state index contributed by atoms with van der Waals surface area (Å²) in [7, 11) is -1.74. The van der Waals surface area contributed by atoms with E-state index in [0.717, 1.165) is 17.5 Å². The van der Waals surface area contributed by atoms with Crippen LogP contribution in [0, 0.1) is 0 Å². The Morgan fingerprint density at radius 1 is 0.929 bits per heavy atom. The molecule has 0 radical (unpaired) electrons. The van der Waals surface area contributed by atoms with Crippen LogP contribution in [0.25, 0.3) is 0 Å². The summed E-state index contributed by atoms with van der Waals surface area (Å²) in [5, 5.41) is 0.953. The van der Waals surface area contributed by atoms with Crippen LogP contribution < -0.4 is 0 Å². The molecule has 3 nitrogen and oxygen atoms in total. The van der Waals surface area contributed by atoms with Crippen molar-refractivity contribution in [2.75, 3.05) is 30.9 Å². The molecule has 0 saturated heterocycles. The van der Waals surface area contributed by atoms with Gasteiger partial charge in [0.15, 0.2) is 0 Å². The molecule has 0 N–H and O–H groups in total. The van der Waals surface area contributed by atoms with Crippen LogP contribution in [0.1, 0.15) is 27.2 Å². The van der Waals surface area contributed by atoms with Crippen molar-refractivity contribution in [1.29, 1.82) is 0 Å². The van der Waals surface area contributed by atoms with Gasteiger partial charge in [-0.1, -0.05) is 15.9 Å². The van der Waals surface area contributed by atoms with Crippen molar-refractivity contribution in [3.05, 3.63) is 0 Å². The van der Waals surface area contributed by atoms with Gasteiger partial charge in [0.2, 0.25) is 0 Å². The summed E-state index contributed by atoms with van der Waals surface area (Å²) in [6.07, 6.45) is 1.01. The largest absolute Gasteiger partial charge is 0.293 e. The first kappa shape index (κ1) is 14.7. The summed E-state index contributed by atoms with van der Waals surface area (Å²) in [6.45, 7) is 7.81. The zero-order chi connectivity index (χ0) is 10.9. The van der Waals surface area contributed by atoms with Crippen molar-refractivity contribution in [3.8, 4) is 0 Å². The van der Waals surface area contributed by atoms with Crippen LogP contribution in [0.2, 0.25) is 0 Å². The van der Waals surface area contributed by atoms with Gasteiger partial charge in [-0.15, -0.1) is 0 Å². The molecular weight excluding hydrogens is 268 g/mol. The third-order valence-electron chi connectivity index (χ3n) is 1.42. The monoisotopic (exact) mass is 288 g/mol. The van der Waals surface area contributed by atoms with E-state index in [-0.39, 0.29) is 0 Å². The fraction of sp³-hybridized carbons (Fsp3) is 1.00. The lowest BCUT2D eigenvalue weighted by Crippen LogP contribution is -2.16. The highest BCUT2D eigenvalue weighted by atomic mass is 79.9. The molecule has 5 heteroatoms. The van der Waals surface area contributed by atoms with Gasteiger partial charge < -0.3 is 0 Å². The highest BCUT2D eigenvalue weighted by Crippen LogP contribution is 2.51. The van der Waals surface area contributed by atoms with Gasteiger partial charge in [-0.25, -0.2) is 0 Å². The van der Waals surface area contributed by atoms with Gasteiger partial charge in [-0.2, -0.15) is 0 Å². The van der Waals surface area contributed by atoms with Gasteiger partial charge in [0, 0.05) is 11.1 Å². The van der Waals surface area contributed by atoms with E-state index in [1.807, 2.05) is 20.8 Å². The normalized spacial score (nSPS) is 13.1. The van der Waals surface area contributed by atoms with Gasteiger partial charge in [0.05, 0.1) is 30.7 Å². The van der Waals surface area contributed by atoms with E-state index < -0.39 is 10.9 Å². The molecule has 0 spiro atoms. The second kappa shape index (κ2) is 8.97. The highest BCUT2D eigenvalue weighted by Gasteiger charge is 2.25. The first-order chi connectivity index (χ1) is 6.74. The lowest BCUT2D eigenvalue weighted by Gasteiger charge is -2.36. The first-order valence-corrected chi connectivity index (χ1v) is 7.74. The molecule has 0 bridgehead atoms. The molecule has 0 fully saturated rings. The van der Waals surface area contributed by atoms with Crippen molar-refractivity contribution < 1.29 is 12.5 Å². The number of halogens is 1. The average molecular weight is 289 g/mol. The molecule has 0 aliphatic carbocycles. The third kappa shape index (κ3) is 5.56. The maximum atomic E-state index is 5.63. The van der Waals surface area contributed by atoms with Crippen molar-refractivity contribution in [1.82, 2.24) is 0 Å². The predicted molar refractivity (Wildman–Crippen MR) is 65.7 cm³/mol. The van der Waals surface area contributed by atoms with Crippen molar-refractivity contribution in [2.24, 2.45) is 0 Å². The molecule has 0 saturated carbocycles. The Labute approximate surface area is 97.6 Å². The van der Waals surface area contributed by atoms with Crippen molar-refractivity contribution in [3.63, 3.8) is 0 Å². The van der Waals surface area contributed by atoms with E-state index in [1.165, 1.54) is 0 Å². The molecule has 88 valence electrons. The molecule has 0 aromatic rings. The number of alkyl halides is 1. The fourth-order valence-electron chi connectivity index (χ4n) is 1.05. The van der Waals surface area contributed by atoms with Gasteiger partial charge in [-0.05, 0) is 27.2 Å². The first-order valence-electron chi connectivity index (χ1n) is 5.04. The quantitative estimate of drug-likeness (QED) is 0.609. The predicted octanol–water partition coefficient (Wildman–Crippen LogP) is 3.43. The Kier molecular flexibility index (Phi) is 9.43. The Balaban J connectivity index is 4.21. The summed E-state index contributed by atoms with van der Waals surface area (Å²) < 4.78 is 16.9. The van der Waals surface area contributed by atoms with Crippen LogP contribution in [0.15, 0.2) is 0 Å². The minimum atomic E-state index is -1.74. The fourth-order valence-corrected chi connectivity index (χ4v) is 3.83. The SMILES string of the molecule is CCOS(CCCBr)(OCC)OCC. The summed E-state index contributed by atoms with van der Waals surface area (Å²) in [5.74, 6) is 0.841. The van der Waals surface area contributed by atoms with Crippen LogP contribution in [0.3, 0.4) is 0 Å². The van der Waals surface area contributed by atoms with Crippen LogP contribution in [-0.2, 0) is 12.5 Å². The molecule has 0 unspecified atom stereocenters. The summed E-state index contributed by atoms with van der Waals surface area (Å²) in [4.78, 5) is 0. The molecule has 0 aromatic carbocycles. The van der Waals surface area contributed by atoms with Crippen molar-refractivity contribution >= 4 is 26.8 Å². The van der Waals surface area contributed by atoms with E-state index in [0.29, 0.717) is 19.8 Å². The van der Waals surface area contributed by atoms with Gasteiger partial charge in [0.25, 0.3) is 0 Å². The Bertz CT molecular complexity index is 118. The molecule has 0 aliphatic heterocycles. The molecule has 0 rings (SSSR count). The van der Waals surface area contributed by atoms with Gasteiger partial charge in [-0.3, -0.25) is 12.5 Å². The average Bonchev–Trinajstić information content (AvgIpc) is 2.16. The van der Waals surface area contributed by atoms with E-state index in [9.17, 15) is 0 Å². The lowest BCUT2D eigenvalue weighted by atomic mass is 10.6. The summed E-state index contributed by atoms with van der Waals surface area (Å²) >= 11 is 3.40. The second-order valence-electron chi connectivity index (χ2n) is 2.52. The number of hydrogen-bond acceptors (Lipinski definition) is 3. The highest BCUT2D eigenvalue weighted by molar-refractivity contribution is 9.09. The minimum Gasteiger partial charge on any atom is -0.293 e. The summed E-state index contributed by atoms with van der Waals surface area (Å²) in [6, 6.07) is 0. The Hall–Kier alpha value is 0.710. The van der Waals surface area contributed by atoms with E-state index in [4.69, 9.17) is 12.5 Å². The molecular formula is C9H21BrO3S. The van der Waals surface area contributed by atoms with Gasteiger partial charge >= 0.3 is 0 Å². The standard InChI is InChI=1S/C9H21BrO3S/c1-4-11-14(12-5-2,13-6-3)9-7-8-10/h4-9H2,1-3H3. The van der Waals surface area contributed by atoms with E-state index in [2.05, 4.69) is 15.9 Å². The molecule has 0 atom stereocenters. The molecule has 0 aromatic heterocycles. The summed E-state index contributed by atoms with van der Waals surface area (Å²) in [5.41, 5.74) is 0. The van der Waals surface area contributed by atoms with Gasteiger partial charge in [0.1, 0.15) is 0 Å². The molecule has 0 aliphatic rings.